The zero-order valence-electron chi connectivity index (χ0n) is 10.8. The molecule has 0 aromatic carbocycles. The van der Waals surface area contributed by atoms with Gasteiger partial charge in [0.1, 0.15) is 6.26 Å². The van der Waals surface area contributed by atoms with E-state index >= 15 is 0 Å². The van der Waals surface area contributed by atoms with Crippen molar-refractivity contribution in [2.75, 3.05) is 14.2 Å². The first-order valence-electron chi connectivity index (χ1n) is 5.44. The lowest BCUT2D eigenvalue weighted by atomic mass is 10.2. The molecule has 1 aliphatic heterocycles. The SMILES string of the molecule is CC1=COC1=O.CO[SiH](CCC(C)C)OC. The molecule has 0 fully saturated rings. The third-order valence-corrected chi connectivity index (χ3v) is 4.03. The van der Waals surface area contributed by atoms with Crippen LogP contribution in [0.3, 0.4) is 0 Å². The van der Waals surface area contributed by atoms with Crippen molar-refractivity contribution < 1.29 is 18.4 Å². The lowest BCUT2D eigenvalue weighted by molar-refractivity contribution is -0.138. The highest BCUT2D eigenvalue weighted by molar-refractivity contribution is 6.44. The summed E-state index contributed by atoms with van der Waals surface area (Å²) in [4.78, 5) is 9.94. The summed E-state index contributed by atoms with van der Waals surface area (Å²) in [6.45, 7) is 6.15. The highest BCUT2D eigenvalue weighted by Crippen LogP contribution is 2.07. The van der Waals surface area contributed by atoms with Crippen molar-refractivity contribution in [3.05, 3.63) is 11.8 Å². The Balaban J connectivity index is 0.000000315. The van der Waals surface area contributed by atoms with Gasteiger partial charge in [0.2, 0.25) is 0 Å². The molecule has 0 saturated carbocycles. The van der Waals surface area contributed by atoms with Crippen molar-refractivity contribution in [3.63, 3.8) is 0 Å². The van der Waals surface area contributed by atoms with Crippen LogP contribution >= 0.6 is 0 Å². The summed E-state index contributed by atoms with van der Waals surface area (Å²) >= 11 is 0. The fourth-order valence-corrected chi connectivity index (χ4v) is 2.63. The highest BCUT2D eigenvalue weighted by Gasteiger charge is 2.12. The molecule has 16 heavy (non-hydrogen) atoms. The van der Waals surface area contributed by atoms with E-state index < -0.39 is 9.28 Å². The summed E-state index contributed by atoms with van der Waals surface area (Å²) in [5, 5.41) is 0. The van der Waals surface area contributed by atoms with E-state index in [0.717, 1.165) is 12.0 Å². The second-order valence-electron chi connectivity index (χ2n) is 4.08. The van der Waals surface area contributed by atoms with Gasteiger partial charge in [-0.1, -0.05) is 13.8 Å². The average Bonchev–Trinajstić information content (AvgIpc) is 2.28. The van der Waals surface area contributed by atoms with E-state index in [1.54, 1.807) is 21.1 Å². The van der Waals surface area contributed by atoms with Crippen LogP contribution in [0.1, 0.15) is 27.2 Å². The molecule has 0 unspecified atom stereocenters. The van der Waals surface area contributed by atoms with Gasteiger partial charge in [0, 0.05) is 14.2 Å². The van der Waals surface area contributed by atoms with E-state index in [-0.39, 0.29) is 5.97 Å². The minimum atomic E-state index is -1.25. The second-order valence-corrected chi connectivity index (χ2v) is 6.46. The van der Waals surface area contributed by atoms with Crippen LogP contribution in [-0.4, -0.2) is 29.5 Å². The number of ether oxygens (including phenoxy) is 1. The molecule has 5 heteroatoms. The van der Waals surface area contributed by atoms with Crippen LogP contribution in [0.15, 0.2) is 11.8 Å². The summed E-state index contributed by atoms with van der Waals surface area (Å²) in [6.07, 6.45) is 2.65. The molecule has 0 aromatic heterocycles. The fourth-order valence-electron chi connectivity index (χ4n) is 1.03. The number of hydrogen-bond donors (Lipinski definition) is 0. The van der Waals surface area contributed by atoms with E-state index in [4.69, 9.17) is 8.85 Å². The van der Waals surface area contributed by atoms with Gasteiger partial charge in [0.05, 0.1) is 5.57 Å². The summed E-state index contributed by atoms with van der Waals surface area (Å²) in [6, 6.07) is 1.13. The molecule has 94 valence electrons. The molecular weight excluding hydrogens is 224 g/mol. The first-order chi connectivity index (χ1) is 7.51. The molecule has 0 N–H and O–H groups in total. The molecule has 0 spiro atoms. The Morgan fingerprint density at radius 3 is 2.06 bits per heavy atom. The van der Waals surface area contributed by atoms with Gasteiger partial charge in [-0.3, -0.25) is 0 Å². The second kappa shape index (κ2) is 8.49. The van der Waals surface area contributed by atoms with Crippen LogP contribution in [0.5, 0.6) is 0 Å². The number of esters is 1. The minimum Gasteiger partial charge on any atom is -0.430 e. The lowest BCUT2D eigenvalue weighted by Gasteiger charge is -2.11. The number of carbonyl (C=O) groups is 1. The Kier molecular flexibility index (Phi) is 8.15. The average molecular weight is 246 g/mol. The number of hydrogen-bond acceptors (Lipinski definition) is 4. The van der Waals surface area contributed by atoms with E-state index in [0.29, 0.717) is 5.57 Å². The third-order valence-electron chi connectivity index (χ3n) is 2.17. The molecule has 1 rings (SSSR count). The smallest absolute Gasteiger partial charge is 0.341 e. The van der Waals surface area contributed by atoms with E-state index in [9.17, 15) is 4.79 Å². The maximum Gasteiger partial charge on any atom is 0.341 e. The number of cyclic esters (lactones) is 1. The van der Waals surface area contributed by atoms with Crippen LogP contribution in [0, 0.1) is 5.92 Å². The Hall–Kier alpha value is -0.653. The van der Waals surface area contributed by atoms with E-state index in [1.807, 2.05) is 0 Å². The maximum absolute atomic E-state index is 9.94. The normalized spacial score (nSPS) is 13.9. The molecule has 0 bridgehead atoms. The number of rotatable bonds is 5. The zero-order valence-corrected chi connectivity index (χ0v) is 11.9. The van der Waals surface area contributed by atoms with Crippen molar-refractivity contribution in [1.29, 1.82) is 0 Å². The molecule has 0 aliphatic carbocycles. The quantitative estimate of drug-likeness (QED) is 0.550. The van der Waals surface area contributed by atoms with Gasteiger partial charge in [-0.05, 0) is 25.3 Å². The summed E-state index contributed by atoms with van der Waals surface area (Å²) < 4.78 is 14.6. The topological polar surface area (TPSA) is 44.8 Å². The van der Waals surface area contributed by atoms with Crippen LogP contribution in [0.25, 0.3) is 0 Å². The van der Waals surface area contributed by atoms with Gasteiger partial charge >= 0.3 is 15.3 Å². The van der Waals surface area contributed by atoms with E-state index in [2.05, 4.69) is 18.6 Å². The predicted octanol–water partition coefficient (Wildman–Crippen LogP) is 1.99. The molecule has 0 aromatic rings. The fraction of sp³-hybridized carbons (Fsp3) is 0.727. The maximum atomic E-state index is 9.94. The first kappa shape index (κ1) is 15.3. The largest absolute Gasteiger partial charge is 0.430 e. The monoisotopic (exact) mass is 246 g/mol. The third kappa shape index (κ3) is 6.76. The first-order valence-corrected chi connectivity index (χ1v) is 7.20. The molecule has 0 saturated heterocycles. The molecule has 0 radical (unpaired) electrons. The molecule has 1 heterocycles. The molecule has 1 aliphatic rings. The summed E-state index contributed by atoms with van der Waals surface area (Å²) in [5.41, 5.74) is 0.704. The molecular formula is C11H22O4Si. The van der Waals surface area contributed by atoms with Gasteiger partial charge in [-0.2, -0.15) is 0 Å². The van der Waals surface area contributed by atoms with Crippen LogP contribution in [-0.2, 0) is 18.4 Å². The number of carbonyl (C=O) groups excluding carboxylic acids is 1. The van der Waals surface area contributed by atoms with Gasteiger partial charge in [-0.25, -0.2) is 4.79 Å². The van der Waals surface area contributed by atoms with Gasteiger partial charge in [0.15, 0.2) is 0 Å². The van der Waals surface area contributed by atoms with Crippen molar-refractivity contribution >= 4 is 15.3 Å². The van der Waals surface area contributed by atoms with Crippen molar-refractivity contribution in [1.82, 2.24) is 0 Å². The Morgan fingerprint density at radius 2 is 1.88 bits per heavy atom. The Morgan fingerprint density at radius 1 is 1.38 bits per heavy atom. The highest BCUT2D eigenvalue weighted by atomic mass is 28.3. The zero-order chi connectivity index (χ0) is 12.6. The van der Waals surface area contributed by atoms with Crippen LogP contribution in [0.2, 0.25) is 6.04 Å². The molecule has 0 amide bonds. The van der Waals surface area contributed by atoms with Gasteiger partial charge in [-0.15, -0.1) is 0 Å². The standard InChI is InChI=1S/C7H18O2Si.C4H4O2/c1-7(2)5-6-10(8-3)9-4;1-3-2-6-4(3)5/h7,10H,5-6H2,1-4H3;2H,1H3. The van der Waals surface area contributed by atoms with Crippen molar-refractivity contribution in [2.45, 2.75) is 33.2 Å². The van der Waals surface area contributed by atoms with Crippen molar-refractivity contribution in [2.24, 2.45) is 5.92 Å². The van der Waals surface area contributed by atoms with Gasteiger partial charge < -0.3 is 13.6 Å². The van der Waals surface area contributed by atoms with Gasteiger partial charge in [0.25, 0.3) is 0 Å². The van der Waals surface area contributed by atoms with E-state index in [1.165, 1.54) is 12.7 Å². The van der Waals surface area contributed by atoms with Crippen LogP contribution < -0.4 is 0 Å². The van der Waals surface area contributed by atoms with Crippen LogP contribution in [0.4, 0.5) is 0 Å². The Bertz CT molecular complexity index is 234. The van der Waals surface area contributed by atoms with Crippen molar-refractivity contribution in [3.8, 4) is 0 Å². The molecule has 4 nitrogen and oxygen atoms in total. The summed E-state index contributed by atoms with van der Waals surface area (Å²) in [5.74, 6) is 0.565. The summed E-state index contributed by atoms with van der Waals surface area (Å²) in [7, 11) is 2.23. The lowest BCUT2D eigenvalue weighted by Crippen LogP contribution is -2.19. The molecule has 0 atom stereocenters. The minimum absolute atomic E-state index is 0.199. The Labute approximate surface area is 99.4 Å². The predicted molar refractivity (Wildman–Crippen MR) is 65.3 cm³/mol.